The smallest absolute Gasteiger partial charge is 0.252 e. The minimum absolute atomic E-state index is 0.163. The number of hydrogen-bond acceptors (Lipinski definition) is 4. The summed E-state index contributed by atoms with van der Waals surface area (Å²) in [6, 6.07) is 12.1. The molecule has 0 bridgehead atoms. The second kappa shape index (κ2) is 8.25. The van der Waals surface area contributed by atoms with E-state index in [2.05, 4.69) is 37.6 Å². The number of nitrogens with zero attached hydrogens (tertiary/aromatic N) is 2. The van der Waals surface area contributed by atoms with E-state index >= 15 is 0 Å². The summed E-state index contributed by atoms with van der Waals surface area (Å²) >= 11 is 1.47. The van der Waals surface area contributed by atoms with Gasteiger partial charge in [0, 0.05) is 18.7 Å². The van der Waals surface area contributed by atoms with Gasteiger partial charge in [-0.3, -0.25) is 4.79 Å². The summed E-state index contributed by atoms with van der Waals surface area (Å²) in [5.41, 5.74) is 3.20. The van der Waals surface area contributed by atoms with Crippen LogP contribution in [0.5, 0.6) is 11.5 Å². The van der Waals surface area contributed by atoms with Crippen molar-refractivity contribution in [1.82, 2.24) is 4.57 Å². The monoisotopic (exact) mass is 408 g/mol. The van der Waals surface area contributed by atoms with E-state index in [0.717, 1.165) is 27.3 Å². The average Bonchev–Trinajstić information content (AvgIpc) is 3.03. The van der Waals surface area contributed by atoms with Crippen LogP contribution in [-0.4, -0.2) is 23.7 Å². The van der Waals surface area contributed by atoms with E-state index in [1.807, 2.05) is 28.8 Å². The van der Waals surface area contributed by atoms with Gasteiger partial charge in [-0.15, -0.1) is 6.58 Å². The van der Waals surface area contributed by atoms with Gasteiger partial charge in [0.05, 0.1) is 16.6 Å². The van der Waals surface area contributed by atoms with Crippen LogP contribution in [-0.2, 0) is 17.8 Å². The SMILES string of the molecule is C=CCn1c(=NC(=O)Cc2ccc(C(C)C)cc2)sc2cc3c(cc21)OCCO3. The largest absolute Gasteiger partial charge is 0.486 e. The molecule has 0 saturated carbocycles. The first kappa shape index (κ1) is 19.5. The molecule has 0 aliphatic carbocycles. The molecule has 0 N–H and O–H groups in total. The van der Waals surface area contributed by atoms with Crippen LogP contribution >= 0.6 is 11.3 Å². The number of ether oxygens (including phenoxy) is 2. The minimum atomic E-state index is -0.163. The Morgan fingerprint density at radius 1 is 1.21 bits per heavy atom. The summed E-state index contributed by atoms with van der Waals surface area (Å²) < 4.78 is 14.4. The van der Waals surface area contributed by atoms with Crippen molar-refractivity contribution in [2.45, 2.75) is 32.7 Å². The maximum absolute atomic E-state index is 12.6. The van der Waals surface area contributed by atoms with Crippen LogP contribution < -0.4 is 14.3 Å². The van der Waals surface area contributed by atoms with Gasteiger partial charge in [-0.25, -0.2) is 0 Å². The van der Waals surface area contributed by atoms with Crippen molar-refractivity contribution in [2.24, 2.45) is 4.99 Å². The number of amides is 1. The zero-order chi connectivity index (χ0) is 20.4. The predicted molar refractivity (Wildman–Crippen MR) is 116 cm³/mol. The second-order valence-corrected chi connectivity index (χ2v) is 8.34. The third-order valence-corrected chi connectivity index (χ3v) is 5.92. The van der Waals surface area contributed by atoms with Crippen molar-refractivity contribution in [1.29, 1.82) is 0 Å². The van der Waals surface area contributed by atoms with Gasteiger partial charge in [-0.1, -0.05) is 55.5 Å². The molecule has 2 aromatic carbocycles. The van der Waals surface area contributed by atoms with E-state index in [1.54, 1.807) is 6.08 Å². The average molecular weight is 409 g/mol. The standard InChI is InChI=1S/C23H24N2O3S/c1-4-9-25-18-13-19-20(28-11-10-27-19)14-21(18)29-23(25)24-22(26)12-16-5-7-17(8-6-16)15(2)3/h4-8,13-15H,1,9-12H2,2-3H3. The minimum Gasteiger partial charge on any atom is -0.486 e. The molecule has 0 fully saturated rings. The molecule has 0 radical (unpaired) electrons. The lowest BCUT2D eigenvalue weighted by molar-refractivity contribution is -0.117. The van der Waals surface area contributed by atoms with Crippen molar-refractivity contribution in [2.75, 3.05) is 13.2 Å². The van der Waals surface area contributed by atoms with Gasteiger partial charge in [0.2, 0.25) is 0 Å². The van der Waals surface area contributed by atoms with Gasteiger partial charge < -0.3 is 14.0 Å². The van der Waals surface area contributed by atoms with E-state index < -0.39 is 0 Å². The van der Waals surface area contributed by atoms with Crippen LogP contribution in [0.3, 0.4) is 0 Å². The Morgan fingerprint density at radius 3 is 2.55 bits per heavy atom. The Morgan fingerprint density at radius 2 is 1.90 bits per heavy atom. The Kier molecular flexibility index (Phi) is 5.53. The summed E-state index contributed by atoms with van der Waals surface area (Å²) in [6.45, 7) is 9.80. The molecule has 5 nitrogen and oxygen atoms in total. The number of rotatable bonds is 5. The molecule has 0 spiro atoms. The van der Waals surface area contributed by atoms with E-state index in [1.165, 1.54) is 16.9 Å². The summed E-state index contributed by atoms with van der Waals surface area (Å²) in [7, 11) is 0. The quantitative estimate of drug-likeness (QED) is 0.586. The number of benzene rings is 2. The van der Waals surface area contributed by atoms with Gasteiger partial charge in [-0.2, -0.15) is 4.99 Å². The van der Waals surface area contributed by atoms with Crippen LogP contribution in [0.15, 0.2) is 54.0 Å². The highest BCUT2D eigenvalue weighted by molar-refractivity contribution is 7.16. The molecule has 0 unspecified atom stereocenters. The van der Waals surface area contributed by atoms with Crippen molar-refractivity contribution >= 4 is 27.5 Å². The van der Waals surface area contributed by atoms with Gasteiger partial charge in [0.15, 0.2) is 16.3 Å². The third kappa shape index (κ3) is 4.12. The van der Waals surface area contributed by atoms with E-state index in [0.29, 0.717) is 30.5 Å². The molecule has 4 rings (SSSR count). The van der Waals surface area contributed by atoms with Gasteiger partial charge in [0.1, 0.15) is 13.2 Å². The molecule has 1 aromatic heterocycles. The highest BCUT2D eigenvalue weighted by atomic mass is 32.1. The zero-order valence-corrected chi connectivity index (χ0v) is 17.5. The fourth-order valence-corrected chi connectivity index (χ4v) is 4.41. The molecule has 0 saturated heterocycles. The topological polar surface area (TPSA) is 52.8 Å². The number of fused-ring (bicyclic) bond motifs is 2. The molecule has 1 aliphatic heterocycles. The Balaban J connectivity index is 1.67. The number of aromatic nitrogens is 1. The van der Waals surface area contributed by atoms with Crippen LogP contribution in [0.4, 0.5) is 0 Å². The molecule has 3 aromatic rings. The van der Waals surface area contributed by atoms with Crippen molar-refractivity contribution in [3.63, 3.8) is 0 Å². The lowest BCUT2D eigenvalue weighted by Crippen LogP contribution is -2.17. The predicted octanol–water partition coefficient (Wildman–Crippen LogP) is 4.45. The van der Waals surface area contributed by atoms with Crippen molar-refractivity contribution in [3.05, 3.63) is 65.0 Å². The molecule has 150 valence electrons. The maximum Gasteiger partial charge on any atom is 0.252 e. The van der Waals surface area contributed by atoms with E-state index in [-0.39, 0.29) is 12.3 Å². The Hall–Kier alpha value is -2.86. The Labute approximate surface area is 173 Å². The van der Waals surface area contributed by atoms with Crippen molar-refractivity contribution < 1.29 is 14.3 Å². The second-order valence-electron chi connectivity index (χ2n) is 7.33. The first-order valence-electron chi connectivity index (χ1n) is 9.75. The third-order valence-electron chi connectivity index (χ3n) is 4.88. The normalized spacial score (nSPS) is 13.8. The molecular formula is C23H24N2O3S. The maximum atomic E-state index is 12.6. The summed E-state index contributed by atoms with van der Waals surface area (Å²) in [5, 5.41) is 0. The molecule has 2 heterocycles. The highest BCUT2D eigenvalue weighted by Crippen LogP contribution is 2.35. The summed E-state index contributed by atoms with van der Waals surface area (Å²) in [4.78, 5) is 17.7. The van der Waals surface area contributed by atoms with Gasteiger partial charge >= 0.3 is 0 Å². The Bertz CT molecular complexity index is 1120. The van der Waals surface area contributed by atoms with Crippen LogP contribution in [0.25, 0.3) is 10.2 Å². The fraction of sp³-hybridized carbons (Fsp3) is 0.304. The molecule has 0 atom stereocenters. The number of hydrogen-bond donors (Lipinski definition) is 0. The van der Waals surface area contributed by atoms with Crippen LogP contribution in [0.1, 0.15) is 30.9 Å². The molecule has 1 amide bonds. The van der Waals surface area contributed by atoms with Crippen LogP contribution in [0.2, 0.25) is 0 Å². The molecule has 6 heteroatoms. The van der Waals surface area contributed by atoms with E-state index in [4.69, 9.17) is 9.47 Å². The lowest BCUT2D eigenvalue weighted by atomic mass is 10.0. The molecule has 1 aliphatic rings. The van der Waals surface area contributed by atoms with Gasteiger partial charge in [-0.05, 0) is 17.0 Å². The summed E-state index contributed by atoms with van der Waals surface area (Å²) in [5.74, 6) is 1.77. The van der Waals surface area contributed by atoms with E-state index in [9.17, 15) is 4.79 Å². The van der Waals surface area contributed by atoms with Gasteiger partial charge in [0.25, 0.3) is 5.91 Å². The number of carbonyl (C=O) groups excluding carboxylic acids is 1. The first-order chi connectivity index (χ1) is 14.0. The first-order valence-corrected chi connectivity index (χ1v) is 10.6. The molecular weight excluding hydrogens is 384 g/mol. The zero-order valence-electron chi connectivity index (χ0n) is 16.7. The number of carbonyl (C=O) groups is 1. The highest BCUT2D eigenvalue weighted by Gasteiger charge is 2.16. The number of allylic oxidation sites excluding steroid dienone is 1. The summed E-state index contributed by atoms with van der Waals surface area (Å²) in [6.07, 6.45) is 2.08. The van der Waals surface area contributed by atoms with Crippen molar-refractivity contribution in [3.8, 4) is 11.5 Å². The fourth-order valence-electron chi connectivity index (χ4n) is 3.34. The van der Waals surface area contributed by atoms with Crippen LogP contribution in [0, 0.1) is 0 Å². The lowest BCUT2D eigenvalue weighted by Gasteiger charge is -2.18. The number of thiazole rings is 1. The molecule has 29 heavy (non-hydrogen) atoms.